The fourth-order valence-electron chi connectivity index (χ4n) is 3.50. The van der Waals surface area contributed by atoms with Crippen LogP contribution in [0, 0.1) is 6.92 Å². The number of rotatable bonds is 5. The van der Waals surface area contributed by atoms with Gasteiger partial charge in [0, 0.05) is 17.1 Å². The Morgan fingerprint density at radius 2 is 1.58 bits per heavy atom. The van der Waals surface area contributed by atoms with Gasteiger partial charge in [-0.25, -0.2) is 0 Å². The Balaban J connectivity index is 1.46. The van der Waals surface area contributed by atoms with Gasteiger partial charge in [-0.2, -0.15) is 0 Å². The van der Waals surface area contributed by atoms with E-state index in [9.17, 15) is 9.59 Å². The molecule has 0 unspecified atom stereocenters. The van der Waals surface area contributed by atoms with Gasteiger partial charge in [0.05, 0.1) is 5.69 Å². The SMILES string of the molecule is Cc1ccc2c(c1)N(CC(=O)Nc1ccc(Nc3ccccc3)cc1)C(=O)C(C)(C)O2. The summed E-state index contributed by atoms with van der Waals surface area (Å²) >= 11 is 0. The van der Waals surface area contributed by atoms with Crippen LogP contribution in [0.2, 0.25) is 0 Å². The highest BCUT2D eigenvalue weighted by Gasteiger charge is 2.41. The summed E-state index contributed by atoms with van der Waals surface area (Å²) in [5.74, 6) is 0.0739. The molecule has 1 heterocycles. The minimum Gasteiger partial charge on any atom is -0.476 e. The minimum atomic E-state index is -1.03. The third-order valence-electron chi connectivity index (χ3n) is 5.06. The standard InChI is InChI=1S/C25H25N3O3/c1-17-9-14-22-21(15-17)28(24(30)25(2,3)31-22)16-23(29)27-20-12-10-19(11-13-20)26-18-7-5-4-6-8-18/h4-15,26H,16H2,1-3H3,(H,27,29). The fourth-order valence-corrected chi connectivity index (χ4v) is 3.50. The van der Waals surface area contributed by atoms with Gasteiger partial charge in [-0.15, -0.1) is 0 Å². The van der Waals surface area contributed by atoms with E-state index < -0.39 is 5.60 Å². The molecule has 1 aliphatic heterocycles. The Morgan fingerprint density at radius 1 is 0.935 bits per heavy atom. The van der Waals surface area contributed by atoms with Crippen molar-refractivity contribution in [3.05, 3.63) is 78.4 Å². The van der Waals surface area contributed by atoms with Crippen LogP contribution in [0.15, 0.2) is 72.8 Å². The molecule has 3 aromatic carbocycles. The number of carbonyl (C=O) groups is 2. The highest BCUT2D eigenvalue weighted by atomic mass is 16.5. The predicted octanol–water partition coefficient (Wildman–Crippen LogP) is 4.88. The molecule has 31 heavy (non-hydrogen) atoms. The number of para-hydroxylation sites is 1. The summed E-state index contributed by atoms with van der Waals surface area (Å²) in [5, 5.41) is 6.17. The number of fused-ring (bicyclic) bond motifs is 1. The number of nitrogens with one attached hydrogen (secondary N) is 2. The van der Waals surface area contributed by atoms with E-state index in [1.165, 1.54) is 4.90 Å². The molecule has 0 atom stereocenters. The number of amides is 2. The largest absolute Gasteiger partial charge is 0.476 e. The molecule has 0 bridgehead atoms. The minimum absolute atomic E-state index is 0.0912. The molecular formula is C25H25N3O3. The van der Waals surface area contributed by atoms with Gasteiger partial charge >= 0.3 is 0 Å². The fraction of sp³-hybridized carbons (Fsp3) is 0.200. The molecule has 0 aliphatic carbocycles. The topological polar surface area (TPSA) is 70.7 Å². The lowest BCUT2D eigenvalue weighted by Crippen LogP contribution is -2.54. The summed E-state index contributed by atoms with van der Waals surface area (Å²) < 4.78 is 5.85. The number of aryl methyl sites for hydroxylation is 1. The average molecular weight is 415 g/mol. The van der Waals surface area contributed by atoms with E-state index in [0.29, 0.717) is 17.1 Å². The van der Waals surface area contributed by atoms with Crippen LogP contribution in [-0.4, -0.2) is 24.0 Å². The van der Waals surface area contributed by atoms with Crippen LogP contribution in [-0.2, 0) is 9.59 Å². The number of anilines is 4. The van der Waals surface area contributed by atoms with Gasteiger partial charge in [-0.1, -0.05) is 24.3 Å². The van der Waals surface area contributed by atoms with Crippen molar-refractivity contribution in [1.29, 1.82) is 0 Å². The van der Waals surface area contributed by atoms with Crippen molar-refractivity contribution in [2.24, 2.45) is 0 Å². The molecule has 0 fully saturated rings. The summed E-state index contributed by atoms with van der Waals surface area (Å²) in [6.45, 7) is 5.27. The average Bonchev–Trinajstić information content (AvgIpc) is 2.74. The maximum absolute atomic E-state index is 12.9. The number of hydrogen-bond donors (Lipinski definition) is 2. The van der Waals surface area contributed by atoms with E-state index in [-0.39, 0.29) is 18.4 Å². The van der Waals surface area contributed by atoms with E-state index in [1.54, 1.807) is 13.8 Å². The molecule has 2 N–H and O–H groups in total. The second kappa shape index (κ2) is 8.14. The summed E-state index contributed by atoms with van der Waals surface area (Å²) in [4.78, 5) is 27.2. The molecule has 0 saturated carbocycles. The first-order chi connectivity index (χ1) is 14.8. The molecule has 158 valence electrons. The van der Waals surface area contributed by atoms with E-state index in [1.807, 2.05) is 79.7 Å². The first-order valence-corrected chi connectivity index (χ1v) is 10.2. The van der Waals surface area contributed by atoms with Crippen molar-refractivity contribution in [2.45, 2.75) is 26.4 Å². The molecule has 0 saturated heterocycles. The Morgan fingerprint density at radius 3 is 2.29 bits per heavy atom. The van der Waals surface area contributed by atoms with Crippen molar-refractivity contribution in [2.75, 3.05) is 22.1 Å². The number of benzene rings is 3. The summed E-state index contributed by atoms with van der Waals surface area (Å²) in [7, 11) is 0. The van der Waals surface area contributed by atoms with Crippen LogP contribution >= 0.6 is 0 Å². The van der Waals surface area contributed by atoms with Crippen molar-refractivity contribution in [3.8, 4) is 5.75 Å². The van der Waals surface area contributed by atoms with E-state index in [0.717, 1.165) is 16.9 Å². The molecule has 4 rings (SSSR count). The normalized spacial score (nSPS) is 14.4. The van der Waals surface area contributed by atoms with Gasteiger partial charge in [0.15, 0.2) is 5.60 Å². The van der Waals surface area contributed by atoms with Gasteiger partial charge < -0.3 is 15.4 Å². The van der Waals surface area contributed by atoms with Gasteiger partial charge in [0.1, 0.15) is 12.3 Å². The molecule has 0 spiro atoms. The van der Waals surface area contributed by atoms with E-state index >= 15 is 0 Å². The van der Waals surface area contributed by atoms with Gasteiger partial charge in [0.2, 0.25) is 5.91 Å². The number of hydrogen-bond acceptors (Lipinski definition) is 4. The lowest BCUT2D eigenvalue weighted by atomic mass is 10.0. The number of nitrogens with zero attached hydrogens (tertiary/aromatic N) is 1. The van der Waals surface area contributed by atoms with Crippen molar-refractivity contribution < 1.29 is 14.3 Å². The Kier molecular flexibility index (Phi) is 5.38. The molecule has 0 aromatic heterocycles. The Bertz CT molecular complexity index is 1110. The zero-order valence-electron chi connectivity index (χ0n) is 17.8. The molecule has 3 aromatic rings. The molecule has 2 amide bonds. The third kappa shape index (κ3) is 4.53. The van der Waals surface area contributed by atoms with Crippen LogP contribution in [0.1, 0.15) is 19.4 Å². The van der Waals surface area contributed by atoms with Crippen LogP contribution in [0.25, 0.3) is 0 Å². The van der Waals surface area contributed by atoms with Crippen LogP contribution in [0.5, 0.6) is 5.75 Å². The third-order valence-corrected chi connectivity index (χ3v) is 5.06. The van der Waals surface area contributed by atoms with Crippen LogP contribution < -0.4 is 20.3 Å². The second-order valence-electron chi connectivity index (χ2n) is 8.09. The van der Waals surface area contributed by atoms with Crippen LogP contribution in [0.3, 0.4) is 0 Å². The first-order valence-electron chi connectivity index (χ1n) is 10.2. The zero-order valence-corrected chi connectivity index (χ0v) is 17.8. The predicted molar refractivity (Wildman–Crippen MR) is 123 cm³/mol. The summed E-state index contributed by atoms with van der Waals surface area (Å²) in [6.07, 6.45) is 0. The zero-order chi connectivity index (χ0) is 22.0. The maximum Gasteiger partial charge on any atom is 0.271 e. The second-order valence-corrected chi connectivity index (χ2v) is 8.09. The highest BCUT2D eigenvalue weighted by Crippen LogP contribution is 2.38. The molecular weight excluding hydrogens is 390 g/mol. The van der Waals surface area contributed by atoms with Gasteiger partial charge in [0.25, 0.3) is 5.91 Å². The molecule has 6 heteroatoms. The van der Waals surface area contributed by atoms with Crippen molar-refractivity contribution >= 4 is 34.6 Å². The maximum atomic E-state index is 12.9. The Labute approximate surface area is 181 Å². The van der Waals surface area contributed by atoms with Gasteiger partial charge in [-0.05, 0) is 74.9 Å². The molecule has 0 radical (unpaired) electrons. The van der Waals surface area contributed by atoms with Gasteiger partial charge in [-0.3, -0.25) is 14.5 Å². The molecule has 6 nitrogen and oxygen atoms in total. The van der Waals surface area contributed by atoms with Crippen LogP contribution in [0.4, 0.5) is 22.7 Å². The van der Waals surface area contributed by atoms with E-state index in [2.05, 4.69) is 10.6 Å². The van der Waals surface area contributed by atoms with E-state index in [4.69, 9.17) is 4.74 Å². The monoisotopic (exact) mass is 415 g/mol. The lowest BCUT2D eigenvalue weighted by Gasteiger charge is -2.38. The quantitative estimate of drug-likeness (QED) is 0.623. The van der Waals surface area contributed by atoms with Crippen molar-refractivity contribution in [3.63, 3.8) is 0 Å². The smallest absolute Gasteiger partial charge is 0.271 e. The Hall–Kier alpha value is -3.80. The number of carbonyl (C=O) groups excluding carboxylic acids is 2. The first kappa shape index (κ1) is 20.5. The lowest BCUT2D eigenvalue weighted by molar-refractivity contribution is -0.133. The summed E-state index contributed by atoms with van der Waals surface area (Å²) in [6, 6.07) is 22.9. The summed E-state index contributed by atoms with van der Waals surface area (Å²) in [5.41, 5.74) is 3.13. The highest BCUT2D eigenvalue weighted by molar-refractivity contribution is 6.07. The molecule has 1 aliphatic rings. The number of ether oxygens (including phenoxy) is 1. The van der Waals surface area contributed by atoms with Crippen molar-refractivity contribution in [1.82, 2.24) is 0 Å².